The van der Waals surface area contributed by atoms with Gasteiger partial charge in [0.15, 0.2) is 0 Å². The first kappa shape index (κ1) is 38.8. The minimum Gasteiger partial charge on any atom is -0.467 e. The number of aromatic amines is 2. The number of hydrogen-bond donors (Lipinski definition) is 2. The topological polar surface area (TPSA) is 139 Å². The molecule has 6 aromatic rings. The van der Waals surface area contributed by atoms with Gasteiger partial charge in [-0.15, -0.1) is 0 Å². The van der Waals surface area contributed by atoms with E-state index in [1.165, 1.54) is 21.9 Å². The molecule has 2 amide bonds. The minimum atomic E-state index is -0.238. The van der Waals surface area contributed by atoms with E-state index in [0.29, 0.717) is 30.9 Å². The van der Waals surface area contributed by atoms with Crippen LogP contribution in [-0.4, -0.2) is 97.9 Å². The third-order valence-corrected chi connectivity index (χ3v) is 13.4. The number of methoxy groups -OCH3 is 1. The van der Waals surface area contributed by atoms with Crippen LogP contribution in [0.4, 0.5) is 11.6 Å². The van der Waals surface area contributed by atoms with Crippen LogP contribution in [-0.2, 0) is 22.7 Å². The van der Waals surface area contributed by atoms with E-state index in [0.717, 1.165) is 113 Å². The number of carbonyl (C=O) groups excluding carboxylic acids is 2. The van der Waals surface area contributed by atoms with Crippen molar-refractivity contribution in [2.24, 2.45) is 10.8 Å². The van der Waals surface area contributed by atoms with E-state index in [-0.39, 0.29) is 16.1 Å². The zero-order valence-electron chi connectivity index (χ0n) is 33.6. The van der Waals surface area contributed by atoms with Gasteiger partial charge in [-0.1, -0.05) is 36.4 Å². The predicted octanol–water partition coefficient (Wildman–Crippen LogP) is 7.40. The second-order valence-corrected chi connectivity index (χ2v) is 16.8. The highest BCUT2D eigenvalue weighted by Gasteiger charge is 2.47. The molecule has 10 rings (SSSR count). The fraction of sp³-hybridized carbons (Fsp3) is 0.422. The number of nitrogens with zero attached hydrogens (tertiary/aromatic N) is 8. The Kier molecular flexibility index (Phi) is 10.9. The van der Waals surface area contributed by atoms with E-state index in [2.05, 4.69) is 79.8 Å². The molecule has 4 fully saturated rings. The molecule has 59 heavy (non-hydrogen) atoms. The van der Waals surface area contributed by atoms with Crippen molar-refractivity contribution < 1.29 is 14.3 Å². The van der Waals surface area contributed by atoms with E-state index in [4.69, 9.17) is 16.3 Å². The fourth-order valence-corrected chi connectivity index (χ4v) is 10.0. The third kappa shape index (κ3) is 7.80. The smallest absolute Gasteiger partial charge is 0.318 e. The monoisotopic (exact) mass is 814 g/mol. The summed E-state index contributed by atoms with van der Waals surface area (Å²) in [5.74, 6) is 2.35. The maximum atomic E-state index is 13.6. The molecule has 4 aliphatic heterocycles. The molecule has 4 aliphatic rings. The van der Waals surface area contributed by atoms with Crippen molar-refractivity contribution in [3.63, 3.8) is 0 Å². The SMILES string of the molecule is COc1nccc(N2CCC3(CCCN(Cc4c[nH]c5ccccc45)C3=O)CC2)n1.O=C1N(Cc2c[nH]c3ccccc23)CCCC12CCN(c1ccnc(Cl)n1)CC2. The summed E-state index contributed by atoms with van der Waals surface area (Å²) in [5.41, 5.74) is 4.16. The molecule has 2 N–H and O–H groups in total. The normalized spacial score (nSPS) is 19.1. The number of H-pyrrole nitrogens is 2. The maximum absolute atomic E-state index is 13.6. The molecular formula is C45H51ClN10O3. The van der Waals surface area contributed by atoms with Gasteiger partial charge in [-0.2, -0.15) is 4.98 Å². The van der Waals surface area contributed by atoms with Crippen LogP contribution in [0.5, 0.6) is 6.01 Å². The number of benzene rings is 2. The highest BCUT2D eigenvalue weighted by atomic mass is 35.5. The van der Waals surface area contributed by atoms with Crippen molar-refractivity contribution in [2.75, 3.05) is 56.2 Å². The van der Waals surface area contributed by atoms with Crippen LogP contribution in [0, 0.1) is 10.8 Å². The van der Waals surface area contributed by atoms with Crippen molar-refractivity contribution in [3.8, 4) is 6.01 Å². The maximum Gasteiger partial charge on any atom is 0.318 e. The second kappa shape index (κ2) is 16.5. The molecule has 0 aliphatic carbocycles. The molecule has 0 saturated carbocycles. The summed E-state index contributed by atoms with van der Waals surface area (Å²) in [6, 6.07) is 20.7. The Labute approximate surface area is 349 Å². The van der Waals surface area contributed by atoms with Crippen LogP contribution in [0.1, 0.15) is 62.5 Å². The first-order chi connectivity index (χ1) is 28.8. The van der Waals surface area contributed by atoms with Crippen molar-refractivity contribution >= 4 is 56.9 Å². The van der Waals surface area contributed by atoms with Gasteiger partial charge < -0.3 is 34.3 Å². The molecule has 2 aromatic carbocycles. The van der Waals surface area contributed by atoms with E-state index >= 15 is 0 Å². The summed E-state index contributed by atoms with van der Waals surface area (Å²) >= 11 is 5.95. The summed E-state index contributed by atoms with van der Waals surface area (Å²) in [6.07, 6.45) is 15.0. The van der Waals surface area contributed by atoms with Crippen LogP contribution < -0.4 is 14.5 Å². The second-order valence-electron chi connectivity index (χ2n) is 16.5. The lowest BCUT2D eigenvalue weighted by atomic mass is 9.71. The number of aromatic nitrogens is 6. The molecule has 14 heteroatoms. The molecule has 0 bridgehead atoms. The lowest BCUT2D eigenvalue weighted by Crippen LogP contribution is -2.53. The number of hydrogen-bond acceptors (Lipinski definition) is 9. The summed E-state index contributed by atoms with van der Waals surface area (Å²) in [4.78, 5) is 59.1. The minimum absolute atomic E-state index is 0.238. The standard InChI is InChI=1S/C23H27N5O2.C22H24ClN5O/c1-30-22-24-11-7-20(26-22)27-13-9-23(10-14-27)8-4-12-28(21(23)29)16-17-15-25-19-6-3-2-5-18(17)19;23-21-24-10-6-19(26-21)27-12-8-22(9-13-27)7-3-11-28(20(22)29)15-16-14-25-18-5-2-1-4-17(16)18/h2-3,5-7,11,15,25H,4,8-10,12-14,16H2,1H3;1-2,4-6,10,14,25H,3,7-9,11-13,15H2. The van der Waals surface area contributed by atoms with E-state index in [1.807, 2.05) is 42.7 Å². The van der Waals surface area contributed by atoms with Gasteiger partial charge in [0.1, 0.15) is 11.6 Å². The highest BCUT2D eigenvalue weighted by Crippen LogP contribution is 2.44. The highest BCUT2D eigenvalue weighted by molar-refractivity contribution is 6.28. The summed E-state index contributed by atoms with van der Waals surface area (Å²) in [6.45, 7) is 6.32. The molecule has 0 unspecified atom stereocenters. The number of carbonyl (C=O) groups is 2. The van der Waals surface area contributed by atoms with Gasteiger partial charge in [0.25, 0.3) is 0 Å². The van der Waals surface area contributed by atoms with Crippen molar-refractivity contribution in [2.45, 2.75) is 64.5 Å². The van der Waals surface area contributed by atoms with Crippen LogP contribution in [0.3, 0.4) is 0 Å². The van der Waals surface area contributed by atoms with Gasteiger partial charge >= 0.3 is 6.01 Å². The number of para-hydroxylation sites is 2. The molecule has 8 heterocycles. The summed E-state index contributed by atoms with van der Waals surface area (Å²) < 4.78 is 5.15. The lowest BCUT2D eigenvalue weighted by Gasteiger charge is -2.46. The number of anilines is 2. The molecule has 4 saturated heterocycles. The van der Waals surface area contributed by atoms with Crippen LogP contribution in [0.25, 0.3) is 21.8 Å². The average molecular weight is 815 g/mol. The molecule has 13 nitrogen and oxygen atoms in total. The van der Waals surface area contributed by atoms with Gasteiger partial charge in [0.05, 0.1) is 17.9 Å². The predicted molar refractivity (Wildman–Crippen MR) is 229 cm³/mol. The van der Waals surface area contributed by atoms with Gasteiger partial charge in [-0.25, -0.2) is 15.0 Å². The Morgan fingerprint density at radius 1 is 0.627 bits per heavy atom. The quantitative estimate of drug-likeness (QED) is 0.158. The molecule has 2 spiro atoms. The number of ether oxygens (including phenoxy) is 1. The third-order valence-electron chi connectivity index (χ3n) is 13.2. The van der Waals surface area contributed by atoms with Gasteiger partial charge in [0.2, 0.25) is 17.1 Å². The number of halogens is 1. The average Bonchev–Trinajstić information content (AvgIpc) is 3.89. The molecule has 306 valence electrons. The zero-order valence-corrected chi connectivity index (χ0v) is 34.3. The van der Waals surface area contributed by atoms with Gasteiger partial charge in [-0.05, 0) is 98.4 Å². The van der Waals surface area contributed by atoms with Crippen molar-refractivity contribution in [1.29, 1.82) is 0 Å². The first-order valence-corrected chi connectivity index (χ1v) is 21.3. The number of piperidine rings is 4. The largest absolute Gasteiger partial charge is 0.467 e. The van der Waals surface area contributed by atoms with E-state index in [9.17, 15) is 9.59 Å². The first-order valence-electron chi connectivity index (χ1n) is 20.9. The number of nitrogens with one attached hydrogen (secondary N) is 2. The van der Waals surface area contributed by atoms with Crippen LogP contribution in [0.15, 0.2) is 85.5 Å². The zero-order chi connectivity index (χ0) is 40.4. The van der Waals surface area contributed by atoms with Crippen molar-refractivity contribution in [1.82, 2.24) is 39.7 Å². The molecule has 0 radical (unpaired) electrons. The lowest BCUT2D eigenvalue weighted by molar-refractivity contribution is -0.149. The molecule has 4 aromatic heterocycles. The number of fused-ring (bicyclic) bond motifs is 2. The number of amides is 2. The molecular weight excluding hydrogens is 764 g/mol. The Hall–Kier alpha value is -5.69. The Balaban J connectivity index is 0.000000152. The number of likely N-dealkylation sites (tertiary alicyclic amines) is 2. The van der Waals surface area contributed by atoms with Crippen LogP contribution in [0.2, 0.25) is 5.28 Å². The Bertz CT molecular complexity index is 2430. The summed E-state index contributed by atoms with van der Waals surface area (Å²) in [7, 11) is 1.58. The van der Waals surface area contributed by atoms with Gasteiger partial charge in [-0.3, -0.25) is 9.59 Å². The fourth-order valence-electron chi connectivity index (χ4n) is 9.91. The van der Waals surface area contributed by atoms with Crippen molar-refractivity contribution in [3.05, 3.63) is 102 Å². The van der Waals surface area contributed by atoms with E-state index in [1.54, 1.807) is 19.5 Å². The van der Waals surface area contributed by atoms with E-state index < -0.39 is 0 Å². The van der Waals surface area contributed by atoms with Gasteiger partial charge in [0, 0.05) is 99.0 Å². The molecule has 0 atom stereocenters. The Morgan fingerprint density at radius 3 is 1.59 bits per heavy atom. The van der Waals surface area contributed by atoms with Crippen LogP contribution >= 0.6 is 11.6 Å². The number of rotatable bonds is 7. The Morgan fingerprint density at radius 2 is 1.10 bits per heavy atom. The summed E-state index contributed by atoms with van der Waals surface area (Å²) in [5, 5.41) is 2.68.